The Kier molecular flexibility index (Phi) is 17.7. The van der Waals surface area contributed by atoms with Crippen LogP contribution in [-0.2, 0) is 15.8 Å². The Morgan fingerprint density at radius 3 is 1.81 bits per heavy atom. The van der Waals surface area contributed by atoms with Gasteiger partial charge >= 0.3 is 0 Å². The standard InChI is InChI=1S/C42H62O5Si/c1-6-7-14-26-41(47-48(42(2,3)4,38-22-16-12-17-23-38)39-24-18-13-19-25-39)40(44)32-29-36(43)21-15-10-8-9-11-20-33-46-34-35-27-30-37(45-5)31-28-35/h12-13,16-19,22-25,27-32,36,40-41,43-44H,6-11,14-15,20-21,26,33-34H2,1-5H3/b32-29+/t36-,40-,41-/m0/s1. The summed E-state index contributed by atoms with van der Waals surface area (Å²) in [6, 6.07) is 29.2. The number of aliphatic hydroxyl groups is 2. The molecule has 0 aliphatic rings. The Labute approximate surface area is 292 Å². The molecule has 0 spiro atoms. The van der Waals surface area contributed by atoms with Gasteiger partial charge in [-0.3, -0.25) is 0 Å². The van der Waals surface area contributed by atoms with Crippen molar-refractivity contribution in [1.29, 1.82) is 0 Å². The molecule has 6 heteroatoms. The van der Waals surface area contributed by atoms with Crippen LogP contribution in [0.3, 0.4) is 0 Å². The predicted molar refractivity (Wildman–Crippen MR) is 203 cm³/mol. The first kappa shape index (κ1) is 39.7. The lowest BCUT2D eigenvalue weighted by Crippen LogP contribution is -2.68. The molecule has 0 radical (unpaired) electrons. The second-order valence-electron chi connectivity index (χ2n) is 14.1. The molecule has 0 amide bonds. The van der Waals surface area contributed by atoms with Gasteiger partial charge in [0.25, 0.3) is 8.32 Å². The first-order chi connectivity index (χ1) is 23.2. The quantitative estimate of drug-likeness (QED) is 0.0598. The van der Waals surface area contributed by atoms with Crippen LogP contribution >= 0.6 is 0 Å². The SMILES string of the molecule is CCCCC[C@H](O[Si](c1ccccc1)(c1ccccc1)C(C)(C)C)[C@@H](O)/C=C/[C@@H](O)CCCCCCCCOCc1ccc(OC)cc1. The van der Waals surface area contributed by atoms with E-state index in [4.69, 9.17) is 13.9 Å². The van der Waals surface area contributed by atoms with E-state index in [-0.39, 0.29) is 11.1 Å². The van der Waals surface area contributed by atoms with Crippen LogP contribution < -0.4 is 15.1 Å². The van der Waals surface area contributed by atoms with Crippen molar-refractivity contribution in [2.75, 3.05) is 13.7 Å². The largest absolute Gasteiger partial charge is 0.497 e. The van der Waals surface area contributed by atoms with Gasteiger partial charge in [0.15, 0.2) is 0 Å². The van der Waals surface area contributed by atoms with E-state index < -0.39 is 20.5 Å². The molecular formula is C42H62O5Si. The molecule has 264 valence electrons. The lowest BCUT2D eigenvalue weighted by molar-refractivity contribution is 0.0516. The molecule has 0 unspecified atom stereocenters. The number of methoxy groups -OCH3 is 1. The Morgan fingerprint density at radius 1 is 0.688 bits per heavy atom. The molecule has 2 N–H and O–H groups in total. The van der Waals surface area contributed by atoms with Crippen molar-refractivity contribution in [3.8, 4) is 5.75 Å². The van der Waals surface area contributed by atoms with Crippen molar-refractivity contribution >= 4 is 18.7 Å². The maximum absolute atomic E-state index is 11.6. The van der Waals surface area contributed by atoms with Crippen LogP contribution in [0, 0.1) is 0 Å². The number of benzene rings is 3. The van der Waals surface area contributed by atoms with Gasteiger partial charge in [0.1, 0.15) is 5.75 Å². The maximum Gasteiger partial charge on any atom is 0.261 e. The molecule has 3 rings (SSSR count). The summed E-state index contributed by atoms with van der Waals surface area (Å²) in [4.78, 5) is 0. The molecule has 0 aliphatic heterocycles. The van der Waals surface area contributed by atoms with Crippen molar-refractivity contribution in [2.45, 2.75) is 128 Å². The average molecular weight is 675 g/mol. The van der Waals surface area contributed by atoms with Gasteiger partial charge in [0.2, 0.25) is 0 Å². The van der Waals surface area contributed by atoms with E-state index in [1.807, 2.05) is 24.3 Å². The molecule has 48 heavy (non-hydrogen) atoms. The summed E-state index contributed by atoms with van der Waals surface area (Å²) < 4.78 is 18.4. The Morgan fingerprint density at radius 2 is 1.25 bits per heavy atom. The molecule has 0 bridgehead atoms. The van der Waals surface area contributed by atoms with Gasteiger partial charge < -0.3 is 24.1 Å². The minimum Gasteiger partial charge on any atom is -0.497 e. The molecule has 0 aliphatic carbocycles. The van der Waals surface area contributed by atoms with Crippen molar-refractivity contribution in [1.82, 2.24) is 0 Å². The summed E-state index contributed by atoms with van der Waals surface area (Å²) in [5.41, 5.74) is 1.16. The number of hydrogen-bond donors (Lipinski definition) is 2. The van der Waals surface area contributed by atoms with Crippen molar-refractivity contribution in [3.05, 3.63) is 103 Å². The van der Waals surface area contributed by atoms with Crippen molar-refractivity contribution in [2.24, 2.45) is 0 Å². The van der Waals surface area contributed by atoms with E-state index in [1.165, 1.54) is 16.8 Å². The fourth-order valence-corrected chi connectivity index (χ4v) is 11.2. The van der Waals surface area contributed by atoms with Gasteiger partial charge in [0, 0.05) is 6.61 Å². The number of unbranched alkanes of at least 4 members (excludes halogenated alkanes) is 7. The number of ether oxygens (including phenoxy) is 2. The highest BCUT2D eigenvalue weighted by atomic mass is 28.4. The summed E-state index contributed by atoms with van der Waals surface area (Å²) in [6.45, 7) is 10.4. The molecule has 3 atom stereocenters. The molecule has 5 nitrogen and oxygen atoms in total. The van der Waals surface area contributed by atoms with Crippen LogP contribution in [0.5, 0.6) is 5.75 Å². The third kappa shape index (κ3) is 12.6. The van der Waals surface area contributed by atoms with E-state index in [2.05, 4.69) is 88.4 Å². The topological polar surface area (TPSA) is 68.2 Å². The second kappa shape index (κ2) is 21.4. The van der Waals surface area contributed by atoms with E-state index in [0.29, 0.717) is 13.0 Å². The second-order valence-corrected chi connectivity index (χ2v) is 18.3. The molecule has 3 aromatic rings. The Balaban J connectivity index is 1.50. The van der Waals surface area contributed by atoms with Gasteiger partial charge in [-0.15, -0.1) is 0 Å². The zero-order chi connectivity index (χ0) is 34.7. The van der Waals surface area contributed by atoms with Gasteiger partial charge in [0.05, 0.1) is 32.0 Å². The Bertz CT molecular complexity index is 1230. The zero-order valence-corrected chi connectivity index (χ0v) is 31.3. The zero-order valence-electron chi connectivity index (χ0n) is 30.3. The summed E-state index contributed by atoms with van der Waals surface area (Å²) in [6.07, 6.45) is 13.1. The van der Waals surface area contributed by atoms with Crippen LogP contribution in [0.4, 0.5) is 0 Å². The first-order valence-corrected chi connectivity index (χ1v) is 20.2. The van der Waals surface area contributed by atoms with Crippen LogP contribution in [-0.4, -0.2) is 50.6 Å². The van der Waals surface area contributed by atoms with E-state index in [9.17, 15) is 10.2 Å². The molecule has 0 saturated heterocycles. The van der Waals surface area contributed by atoms with E-state index in [1.54, 1.807) is 19.3 Å². The minimum absolute atomic E-state index is 0.175. The summed E-state index contributed by atoms with van der Waals surface area (Å²) >= 11 is 0. The summed E-state index contributed by atoms with van der Waals surface area (Å²) in [5, 5.41) is 24.6. The highest BCUT2D eigenvalue weighted by molar-refractivity contribution is 6.99. The normalized spacial score (nSPS) is 14.2. The van der Waals surface area contributed by atoms with Gasteiger partial charge in [-0.25, -0.2) is 0 Å². The molecule has 3 aromatic carbocycles. The first-order valence-electron chi connectivity index (χ1n) is 18.2. The summed E-state index contributed by atoms with van der Waals surface area (Å²) in [7, 11) is -1.15. The maximum atomic E-state index is 11.6. The lowest BCUT2D eigenvalue weighted by Gasteiger charge is -2.45. The number of rotatable bonds is 23. The third-order valence-electron chi connectivity index (χ3n) is 9.21. The number of aliphatic hydroxyl groups excluding tert-OH is 2. The van der Waals surface area contributed by atoms with Crippen LogP contribution in [0.15, 0.2) is 97.1 Å². The smallest absolute Gasteiger partial charge is 0.261 e. The fraction of sp³-hybridized carbons (Fsp3) is 0.524. The average Bonchev–Trinajstić information content (AvgIpc) is 3.10. The monoisotopic (exact) mass is 674 g/mol. The molecule has 0 saturated carbocycles. The molecule has 0 aromatic heterocycles. The van der Waals surface area contributed by atoms with Crippen LogP contribution in [0.2, 0.25) is 5.04 Å². The van der Waals surface area contributed by atoms with Crippen molar-refractivity contribution in [3.63, 3.8) is 0 Å². The van der Waals surface area contributed by atoms with Gasteiger partial charge in [-0.05, 0) is 52.4 Å². The molecule has 0 fully saturated rings. The minimum atomic E-state index is -2.82. The van der Waals surface area contributed by atoms with E-state index >= 15 is 0 Å². The fourth-order valence-electron chi connectivity index (χ4n) is 6.45. The van der Waals surface area contributed by atoms with Crippen molar-refractivity contribution < 1.29 is 24.1 Å². The third-order valence-corrected chi connectivity index (χ3v) is 14.3. The van der Waals surface area contributed by atoms with Gasteiger partial charge in [-0.1, -0.05) is 164 Å². The Hall–Kier alpha value is -2.74. The van der Waals surface area contributed by atoms with Crippen LogP contribution in [0.25, 0.3) is 0 Å². The van der Waals surface area contributed by atoms with Gasteiger partial charge in [-0.2, -0.15) is 0 Å². The molecule has 0 heterocycles. The number of hydrogen-bond acceptors (Lipinski definition) is 5. The van der Waals surface area contributed by atoms with Crippen LogP contribution in [0.1, 0.15) is 104 Å². The molecular weight excluding hydrogens is 613 g/mol. The highest BCUT2D eigenvalue weighted by Gasteiger charge is 2.51. The predicted octanol–water partition coefficient (Wildman–Crippen LogP) is 8.75. The summed E-state index contributed by atoms with van der Waals surface area (Å²) in [5.74, 6) is 0.864. The lowest BCUT2D eigenvalue weighted by atomic mass is 10.0. The van der Waals surface area contributed by atoms with E-state index in [0.717, 1.165) is 75.7 Å². The highest BCUT2D eigenvalue weighted by Crippen LogP contribution is 2.38.